The maximum Gasteiger partial charge on any atom is 0.255 e. The van der Waals surface area contributed by atoms with Crippen LogP contribution in [0.1, 0.15) is 113 Å². The maximum absolute atomic E-state index is 14.0. The number of rotatable bonds is 20. The van der Waals surface area contributed by atoms with Crippen LogP contribution in [0, 0.1) is 20.8 Å². The number of imide groups is 1. The van der Waals surface area contributed by atoms with E-state index in [1.165, 1.54) is 5.56 Å². The first-order chi connectivity index (χ1) is 34.4. The predicted octanol–water partition coefficient (Wildman–Crippen LogP) is 5.57. The van der Waals surface area contributed by atoms with Crippen molar-refractivity contribution in [1.82, 2.24) is 35.6 Å². The molecule has 3 fully saturated rings. The highest BCUT2D eigenvalue weighted by Gasteiger charge is 2.40. The standard InChI is InChI=1S/C55H71N9O7/c1-5-63(42-19-27-71-28-20-42)49-31-41(30-44(38(49)4)52(67)58-32-45-36(2)29-37(3)59-53(45)68)40-15-13-39(14-16-40)33-61-23-25-62(26-24-61)35-51(66)57-22-9-7-6-8-21-56-47-12-10-11-43-46(47)34-64(55(43)70)48-17-18-50(65)60-54(48)69/h10-16,29-31,42,48,56H,5-9,17-28,32-35H2,1-4H3,(H,57,66)(H,58,67)(H,59,68)(H,60,65,69). The van der Waals surface area contributed by atoms with Gasteiger partial charge in [-0.25, -0.2) is 0 Å². The van der Waals surface area contributed by atoms with Crippen molar-refractivity contribution in [2.45, 2.75) is 111 Å². The summed E-state index contributed by atoms with van der Waals surface area (Å²) in [6.07, 6.45) is 6.27. The van der Waals surface area contributed by atoms with E-state index in [2.05, 4.69) is 78.2 Å². The average molecular weight is 970 g/mol. The zero-order valence-electron chi connectivity index (χ0n) is 41.9. The van der Waals surface area contributed by atoms with Gasteiger partial charge in [0.25, 0.3) is 17.4 Å². The zero-order valence-corrected chi connectivity index (χ0v) is 41.9. The lowest BCUT2D eigenvalue weighted by Gasteiger charge is -2.37. The number of hydrogen-bond donors (Lipinski definition) is 5. The van der Waals surface area contributed by atoms with Crippen LogP contribution < -0.4 is 31.7 Å². The Hall–Kier alpha value is -6.36. The van der Waals surface area contributed by atoms with E-state index in [4.69, 9.17) is 4.74 Å². The summed E-state index contributed by atoms with van der Waals surface area (Å²) < 4.78 is 5.70. The molecular weight excluding hydrogens is 899 g/mol. The Morgan fingerprint density at radius 2 is 1.55 bits per heavy atom. The van der Waals surface area contributed by atoms with E-state index >= 15 is 0 Å². The third-order valence-corrected chi connectivity index (χ3v) is 14.7. The molecule has 0 spiro atoms. The van der Waals surface area contributed by atoms with E-state index < -0.39 is 11.9 Å². The molecule has 1 unspecified atom stereocenters. The van der Waals surface area contributed by atoms with Gasteiger partial charge in [0.15, 0.2) is 0 Å². The molecule has 16 nitrogen and oxygen atoms in total. The molecular formula is C55H71N9O7. The molecule has 0 bridgehead atoms. The summed E-state index contributed by atoms with van der Waals surface area (Å²) in [5.41, 5.74) is 10.1. The molecule has 4 aliphatic rings. The minimum atomic E-state index is -0.632. The molecule has 8 rings (SSSR count). The van der Waals surface area contributed by atoms with Crippen LogP contribution >= 0.6 is 0 Å². The fraction of sp³-hybridized carbons (Fsp3) is 0.491. The molecule has 4 aliphatic heterocycles. The number of unbranched alkanes of at least 4 members (excludes halogenated alkanes) is 3. The van der Waals surface area contributed by atoms with Crippen LogP contribution in [0.25, 0.3) is 11.1 Å². The number of ether oxygens (including phenoxy) is 1. The number of anilines is 2. The number of carbonyl (C=O) groups excluding carboxylic acids is 5. The Kier molecular flexibility index (Phi) is 17.0. The van der Waals surface area contributed by atoms with Gasteiger partial charge in [-0.2, -0.15) is 0 Å². The molecule has 1 atom stereocenters. The molecule has 0 aliphatic carbocycles. The van der Waals surface area contributed by atoms with Crippen molar-refractivity contribution in [3.63, 3.8) is 0 Å². The van der Waals surface area contributed by atoms with E-state index in [-0.39, 0.29) is 42.2 Å². The second-order valence-corrected chi connectivity index (χ2v) is 19.6. The monoisotopic (exact) mass is 970 g/mol. The molecule has 378 valence electrons. The van der Waals surface area contributed by atoms with Gasteiger partial charge in [-0.05, 0) is 118 Å². The Balaban J connectivity index is 0.765. The van der Waals surface area contributed by atoms with Crippen LogP contribution in [-0.2, 0) is 38.8 Å². The number of aromatic amines is 1. The number of benzene rings is 3. The van der Waals surface area contributed by atoms with Gasteiger partial charge in [-0.15, -0.1) is 0 Å². The number of piperidine rings is 1. The number of carbonyl (C=O) groups is 5. The first-order valence-electron chi connectivity index (χ1n) is 25.6. The van der Waals surface area contributed by atoms with Gasteiger partial charge in [-0.3, -0.25) is 43.9 Å². The lowest BCUT2D eigenvalue weighted by Crippen LogP contribution is -2.52. The molecule has 0 saturated carbocycles. The first kappa shape index (κ1) is 51.0. The van der Waals surface area contributed by atoms with Crippen molar-refractivity contribution < 1.29 is 28.7 Å². The van der Waals surface area contributed by atoms with Gasteiger partial charge in [0.2, 0.25) is 17.7 Å². The number of hydrogen-bond acceptors (Lipinski definition) is 11. The van der Waals surface area contributed by atoms with E-state index in [1.807, 2.05) is 45.0 Å². The van der Waals surface area contributed by atoms with Gasteiger partial charge in [0.05, 0.1) is 6.54 Å². The summed E-state index contributed by atoms with van der Waals surface area (Å²) >= 11 is 0. The highest BCUT2D eigenvalue weighted by atomic mass is 16.5. The van der Waals surface area contributed by atoms with Crippen molar-refractivity contribution >= 4 is 40.9 Å². The minimum Gasteiger partial charge on any atom is -0.385 e. The Morgan fingerprint density at radius 3 is 2.27 bits per heavy atom. The molecule has 4 aromatic rings. The fourth-order valence-electron chi connectivity index (χ4n) is 10.6. The predicted molar refractivity (Wildman–Crippen MR) is 275 cm³/mol. The van der Waals surface area contributed by atoms with E-state index in [0.29, 0.717) is 48.8 Å². The minimum absolute atomic E-state index is 0.0564. The number of nitrogens with one attached hydrogen (secondary N) is 5. The zero-order chi connectivity index (χ0) is 50.0. The number of aromatic nitrogens is 1. The van der Waals surface area contributed by atoms with Crippen molar-refractivity contribution in [2.75, 3.05) is 75.8 Å². The van der Waals surface area contributed by atoms with E-state index in [1.54, 1.807) is 11.0 Å². The lowest BCUT2D eigenvalue weighted by atomic mass is 9.94. The summed E-state index contributed by atoms with van der Waals surface area (Å²) in [4.78, 5) is 88.4. The van der Waals surface area contributed by atoms with Gasteiger partial charge in [0, 0.05) is 130 Å². The number of H-pyrrole nitrogens is 1. The van der Waals surface area contributed by atoms with Crippen LogP contribution in [-0.4, -0.2) is 127 Å². The highest BCUT2D eigenvalue weighted by Crippen LogP contribution is 2.35. The topological polar surface area (TPSA) is 189 Å². The van der Waals surface area contributed by atoms with Crippen LogP contribution in [0.4, 0.5) is 11.4 Å². The van der Waals surface area contributed by atoms with E-state index in [0.717, 1.165) is 142 Å². The van der Waals surface area contributed by atoms with Gasteiger partial charge in [0.1, 0.15) is 6.04 Å². The Morgan fingerprint density at radius 1 is 0.817 bits per heavy atom. The molecule has 71 heavy (non-hydrogen) atoms. The Labute approximate surface area is 417 Å². The molecule has 1 aromatic heterocycles. The average Bonchev–Trinajstić information content (AvgIpc) is 3.69. The van der Waals surface area contributed by atoms with Crippen molar-refractivity contribution in [3.05, 3.63) is 116 Å². The molecule has 5 heterocycles. The van der Waals surface area contributed by atoms with Crippen LogP contribution in [0.5, 0.6) is 0 Å². The molecule has 5 amide bonds. The van der Waals surface area contributed by atoms with Crippen LogP contribution in [0.2, 0.25) is 0 Å². The third-order valence-electron chi connectivity index (χ3n) is 14.7. The second kappa shape index (κ2) is 23.7. The number of fused-ring (bicyclic) bond motifs is 1. The van der Waals surface area contributed by atoms with Crippen molar-refractivity contribution in [2.24, 2.45) is 0 Å². The molecule has 3 saturated heterocycles. The van der Waals surface area contributed by atoms with Crippen molar-refractivity contribution in [1.29, 1.82) is 0 Å². The van der Waals surface area contributed by atoms with E-state index in [9.17, 15) is 28.8 Å². The second-order valence-electron chi connectivity index (χ2n) is 19.6. The Bertz CT molecular complexity index is 2640. The highest BCUT2D eigenvalue weighted by molar-refractivity contribution is 6.06. The number of aryl methyl sites for hydroxylation is 2. The van der Waals surface area contributed by atoms with Crippen LogP contribution in [0.3, 0.4) is 0 Å². The van der Waals surface area contributed by atoms with Gasteiger partial charge < -0.3 is 35.5 Å². The third kappa shape index (κ3) is 12.6. The summed E-state index contributed by atoms with van der Waals surface area (Å²) in [7, 11) is 0. The quantitative estimate of drug-likeness (QED) is 0.0551. The normalized spacial score (nSPS) is 17.8. The number of amides is 5. The summed E-state index contributed by atoms with van der Waals surface area (Å²) in [6, 6.07) is 20.0. The number of nitrogens with zero attached hydrogens (tertiary/aromatic N) is 4. The van der Waals surface area contributed by atoms with Gasteiger partial charge in [-0.1, -0.05) is 43.2 Å². The maximum atomic E-state index is 14.0. The SMILES string of the molecule is CCN(c1cc(-c2ccc(CN3CCN(CC(=O)NCCCCCCNc4cccc5c4CN(C4CCC(=O)NC4=O)C5=O)CC3)cc2)cc(C(=O)NCc2c(C)cc(C)[nH]c2=O)c1C)C1CCOCC1. The summed E-state index contributed by atoms with van der Waals surface area (Å²) in [6.45, 7) is 16.6. The molecule has 5 N–H and O–H groups in total. The summed E-state index contributed by atoms with van der Waals surface area (Å²) in [5.74, 6) is -1.03. The molecule has 0 radical (unpaired) electrons. The number of piperazine rings is 1. The number of pyridine rings is 1. The van der Waals surface area contributed by atoms with Crippen LogP contribution in [0.15, 0.2) is 65.5 Å². The first-order valence-corrected chi connectivity index (χ1v) is 25.6. The molecule has 3 aromatic carbocycles. The fourth-order valence-corrected chi connectivity index (χ4v) is 10.6. The molecule has 16 heteroatoms. The summed E-state index contributed by atoms with van der Waals surface area (Å²) in [5, 5.41) is 12.0. The van der Waals surface area contributed by atoms with Crippen molar-refractivity contribution in [3.8, 4) is 11.1 Å². The van der Waals surface area contributed by atoms with Gasteiger partial charge >= 0.3 is 0 Å². The lowest BCUT2D eigenvalue weighted by molar-refractivity contribution is -0.137. The largest absolute Gasteiger partial charge is 0.385 e. The smallest absolute Gasteiger partial charge is 0.255 e.